The molecule has 4 nitrogen and oxygen atoms in total. The third kappa shape index (κ3) is 9.22. The molecule has 0 amide bonds. The van der Waals surface area contributed by atoms with Gasteiger partial charge in [0.25, 0.3) is 0 Å². The molecule has 0 fully saturated rings. The Hall–Kier alpha value is -7.24. The van der Waals surface area contributed by atoms with E-state index in [1.165, 1.54) is 0 Å². The Labute approximate surface area is 352 Å². The van der Waals surface area contributed by atoms with Crippen LogP contribution in [0.4, 0.5) is 0 Å². The van der Waals surface area contributed by atoms with Gasteiger partial charge in [-0.3, -0.25) is 0 Å². The lowest BCUT2D eigenvalue weighted by atomic mass is 9.85. The molecule has 0 aliphatic carbocycles. The van der Waals surface area contributed by atoms with Crippen LogP contribution in [0.3, 0.4) is 0 Å². The summed E-state index contributed by atoms with van der Waals surface area (Å²) in [5, 5.41) is 23.6. The molecule has 60 heavy (non-hydrogen) atoms. The van der Waals surface area contributed by atoms with Crippen molar-refractivity contribution >= 4 is 70.2 Å². The van der Waals surface area contributed by atoms with Crippen LogP contribution in [0.2, 0.25) is 0 Å². The first-order chi connectivity index (χ1) is 29.5. The van der Waals surface area contributed by atoms with Crippen molar-refractivity contribution in [2.45, 2.75) is 13.2 Å². The number of fused-ring (bicyclic) bond motifs is 2. The van der Waals surface area contributed by atoms with Gasteiger partial charge in [-0.05, 0) is 125 Å². The molecule has 8 rings (SSSR count). The van der Waals surface area contributed by atoms with Gasteiger partial charge < -0.3 is 19.7 Å². The SMILES string of the molecule is COc1ccc(/C=C/c2ccc3cc(/C=C/c4ccc(CO)cc4)ccc3c2-c2c(/C=C/c3ccc(OC)cc3)ccc3cc(/C=C/c4ccc(CO)cc4)ccc23)cc1. The molecule has 0 aliphatic rings. The molecule has 0 radical (unpaired) electrons. The molecular formula is C56H46O4. The van der Waals surface area contributed by atoms with Crippen molar-refractivity contribution in [2.24, 2.45) is 0 Å². The minimum Gasteiger partial charge on any atom is -0.497 e. The molecule has 0 bridgehead atoms. The summed E-state index contributed by atoms with van der Waals surface area (Å²) in [6.45, 7) is 0.0631. The second-order valence-electron chi connectivity index (χ2n) is 14.7. The molecule has 0 atom stereocenters. The van der Waals surface area contributed by atoms with Gasteiger partial charge in [-0.25, -0.2) is 0 Å². The summed E-state index contributed by atoms with van der Waals surface area (Å²) in [5.41, 5.74) is 12.8. The van der Waals surface area contributed by atoms with E-state index in [9.17, 15) is 10.2 Å². The summed E-state index contributed by atoms with van der Waals surface area (Å²) >= 11 is 0. The quantitative estimate of drug-likeness (QED) is 0.114. The van der Waals surface area contributed by atoms with Gasteiger partial charge in [0.05, 0.1) is 27.4 Å². The first-order valence-corrected chi connectivity index (χ1v) is 20.0. The van der Waals surface area contributed by atoms with E-state index in [-0.39, 0.29) is 13.2 Å². The Kier molecular flexibility index (Phi) is 12.2. The molecule has 0 saturated heterocycles. The van der Waals surface area contributed by atoms with E-state index >= 15 is 0 Å². The van der Waals surface area contributed by atoms with Gasteiger partial charge in [0.2, 0.25) is 0 Å². The molecular weight excluding hydrogens is 737 g/mol. The predicted molar refractivity (Wildman–Crippen MR) is 253 cm³/mol. The Morgan fingerprint density at radius 2 is 0.667 bits per heavy atom. The maximum absolute atomic E-state index is 9.49. The molecule has 4 heteroatoms. The molecule has 0 saturated carbocycles. The number of rotatable bonds is 13. The van der Waals surface area contributed by atoms with Crippen LogP contribution in [0.1, 0.15) is 55.6 Å². The number of aliphatic hydroxyl groups excluding tert-OH is 2. The maximum atomic E-state index is 9.49. The normalized spacial score (nSPS) is 11.9. The van der Waals surface area contributed by atoms with Crippen LogP contribution in [0.5, 0.6) is 11.5 Å². The minimum atomic E-state index is 0.0316. The average molecular weight is 783 g/mol. The second-order valence-corrected chi connectivity index (χ2v) is 14.7. The fourth-order valence-corrected chi connectivity index (χ4v) is 7.43. The smallest absolute Gasteiger partial charge is 0.118 e. The highest BCUT2D eigenvalue weighted by Crippen LogP contribution is 2.41. The van der Waals surface area contributed by atoms with Crippen molar-refractivity contribution in [3.05, 3.63) is 213 Å². The van der Waals surface area contributed by atoms with Crippen LogP contribution >= 0.6 is 0 Å². The predicted octanol–water partition coefficient (Wildman–Crippen LogP) is 13.3. The lowest BCUT2D eigenvalue weighted by Gasteiger charge is -2.18. The third-order valence-electron chi connectivity index (χ3n) is 10.8. The van der Waals surface area contributed by atoms with Crippen molar-refractivity contribution in [1.82, 2.24) is 0 Å². The van der Waals surface area contributed by atoms with E-state index in [2.05, 4.69) is 134 Å². The van der Waals surface area contributed by atoms with E-state index in [1.807, 2.05) is 72.8 Å². The number of benzene rings is 8. The summed E-state index contributed by atoms with van der Waals surface area (Å²) in [6, 6.07) is 54.4. The van der Waals surface area contributed by atoms with Crippen LogP contribution in [-0.2, 0) is 13.2 Å². The van der Waals surface area contributed by atoms with E-state index in [0.717, 1.165) is 99.8 Å². The van der Waals surface area contributed by atoms with Gasteiger partial charge in [-0.1, -0.05) is 170 Å². The summed E-state index contributed by atoms with van der Waals surface area (Å²) in [6.07, 6.45) is 17.3. The van der Waals surface area contributed by atoms with Gasteiger partial charge >= 0.3 is 0 Å². The largest absolute Gasteiger partial charge is 0.497 e. The zero-order valence-corrected chi connectivity index (χ0v) is 33.8. The first-order valence-electron chi connectivity index (χ1n) is 20.0. The topological polar surface area (TPSA) is 58.9 Å². The minimum absolute atomic E-state index is 0.0316. The van der Waals surface area contributed by atoms with Gasteiger partial charge in [0.1, 0.15) is 11.5 Å². The molecule has 2 N–H and O–H groups in total. The molecule has 294 valence electrons. The molecule has 0 spiro atoms. The van der Waals surface area contributed by atoms with E-state index in [0.29, 0.717) is 0 Å². The highest BCUT2D eigenvalue weighted by molar-refractivity contribution is 6.12. The van der Waals surface area contributed by atoms with Crippen molar-refractivity contribution in [3.63, 3.8) is 0 Å². The Bertz CT molecular complexity index is 2660. The monoisotopic (exact) mass is 782 g/mol. The van der Waals surface area contributed by atoms with Crippen LogP contribution in [0.15, 0.2) is 158 Å². The lowest BCUT2D eigenvalue weighted by Crippen LogP contribution is -1.93. The van der Waals surface area contributed by atoms with Crippen LogP contribution in [-0.4, -0.2) is 24.4 Å². The molecule has 0 heterocycles. The van der Waals surface area contributed by atoms with E-state index in [1.54, 1.807) is 14.2 Å². The van der Waals surface area contributed by atoms with Gasteiger partial charge in [-0.2, -0.15) is 0 Å². The summed E-state index contributed by atoms with van der Waals surface area (Å²) in [7, 11) is 3.37. The summed E-state index contributed by atoms with van der Waals surface area (Å²) in [5.74, 6) is 1.65. The molecule has 8 aromatic rings. The van der Waals surface area contributed by atoms with Gasteiger partial charge in [-0.15, -0.1) is 0 Å². The maximum Gasteiger partial charge on any atom is 0.118 e. The number of methoxy groups -OCH3 is 2. The van der Waals surface area contributed by atoms with E-state index < -0.39 is 0 Å². The fourth-order valence-electron chi connectivity index (χ4n) is 7.43. The van der Waals surface area contributed by atoms with Crippen molar-refractivity contribution in [1.29, 1.82) is 0 Å². The van der Waals surface area contributed by atoms with Crippen molar-refractivity contribution in [2.75, 3.05) is 14.2 Å². The molecule has 8 aromatic carbocycles. The Balaban J connectivity index is 1.29. The number of ether oxygens (including phenoxy) is 2. The zero-order chi connectivity index (χ0) is 41.3. The molecule has 0 unspecified atom stereocenters. The first kappa shape index (κ1) is 39.6. The molecule has 0 aliphatic heterocycles. The van der Waals surface area contributed by atoms with Gasteiger partial charge in [0, 0.05) is 0 Å². The zero-order valence-electron chi connectivity index (χ0n) is 33.8. The van der Waals surface area contributed by atoms with Crippen LogP contribution in [0.25, 0.3) is 81.3 Å². The number of hydrogen-bond donors (Lipinski definition) is 2. The van der Waals surface area contributed by atoms with Crippen molar-refractivity contribution in [3.8, 4) is 22.6 Å². The van der Waals surface area contributed by atoms with Crippen LogP contribution in [0, 0.1) is 0 Å². The third-order valence-corrected chi connectivity index (χ3v) is 10.8. The fraction of sp³-hybridized carbons (Fsp3) is 0.0714. The lowest BCUT2D eigenvalue weighted by molar-refractivity contribution is 0.281. The van der Waals surface area contributed by atoms with Crippen LogP contribution < -0.4 is 9.47 Å². The second kappa shape index (κ2) is 18.6. The number of aliphatic hydroxyl groups is 2. The number of hydrogen-bond acceptors (Lipinski definition) is 4. The highest BCUT2D eigenvalue weighted by Gasteiger charge is 2.16. The molecule has 0 aromatic heterocycles. The summed E-state index contributed by atoms with van der Waals surface area (Å²) < 4.78 is 10.9. The summed E-state index contributed by atoms with van der Waals surface area (Å²) in [4.78, 5) is 0. The standard InChI is InChI=1S/C56H46O4/c1-59-51-29-17-41(18-30-51)15-23-47-25-27-49-35-43(9-3-39-5-11-45(37-57)12-6-39)21-33-53(49)55(47)56-48(24-16-42-19-31-52(60-2)32-20-42)26-28-50-36-44(22-34-54(50)56)10-4-40-7-13-46(38-58)14-8-40/h3-36,57-58H,37-38H2,1-2H3/b9-3+,10-4+,23-15+,24-16+. The van der Waals surface area contributed by atoms with Gasteiger partial charge in [0.15, 0.2) is 0 Å². The Morgan fingerprint density at radius 1 is 0.350 bits per heavy atom. The highest BCUT2D eigenvalue weighted by atomic mass is 16.5. The van der Waals surface area contributed by atoms with Crippen molar-refractivity contribution < 1.29 is 19.7 Å². The van der Waals surface area contributed by atoms with E-state index in [4.69, 9.17) is 9.47 Å². The Morgan fingerprint density at radius 3 is 1.02 bits per heavy atom. The average Bonchev–Trinajstić information content (AvgIpc) is 3.31.